The van der Waals surface area contributed by atoms with Gasteiger partial charge in [-0.15, -0.1) is 5.10 Å². The van der Waals surface area contributed by atoms with Gasteiger partial charge in [-0.25, -0.2) is 0 Å². The van der Waals surface area contributed by atoms with Gasteiger partial charge in [-0.2, -0.15) is 10.1 Å². The Hall–Kier alpha value is -3.74. The summed E-state index contributed by atoms with van der Waals surface area (Å²) in [6.07, 6.45) is 7.27. The van der Waals surface area contributed by atoms with Gasteiger partial charge in [-0.1, -0.05) is 18.2 Å². The maximum Gasteiger partial charge on any atom is 0.249 e. The molecule has 1 aliphatic heterocycles. The Kier molecular flexibility index (Phi) is 5.08. The molecule has 0 saturated carbocycles. The van der Waals surface area contributed by atoms with Gasteiger partial charge in [0.1, 0.15) is 0 Å². The van der Waals surface area contributed by atoms with E-state index in [0.29, 0.717) is 11.8 Å². The summed E-state index contributed by atoms with van der Waals surface area (Å²) in [4.78, 5) is 11.4. The Labute approximate surface area is 175 Å². The van der Waals surface area contributed by atoms with E-state index in [9.17, 15) is 0 Å². The van der Waals surface area contributed by atoms with Gasteiger partial charge in [0.05, 0.1) is 17.4 Å². The fraction of sp³-hybridized carbons (Fsp3) is 0.217. The summed E-state index contributed by atoms with van der Waals surface area (Å²) >= 11 is 0. The van der Waals surface area contributed by atoms with Crippen LogP contribution in [-0.4, -0.2) is 33.3 Å². The molecule has 4 aromatic rings. The summed E-state index contributed by atoms with van der Waals surface area (Å²) < 4.78 is 0. The van der Waals surface area contributed by atoms with Gasteiger partial charge in [0.2, 0.25) is 5.95 Å². The number of hydrogen-bond acceptors (Lipinski definition) is 7. The van der Waals surface area contributed by atoms with Crippen molar-refractivity contribution in [2.75, 3.05) is 28.6 Å². The normalized spacial score (nSPS) is 13.9. The number of fused-ring (bicyclic) bond motifs is 1. The number of rotatable bonds is 5. The van der Waals surface area contributed by atoms with E-state index in [2.05, 4.69) is 60.0 Å². The van der Waals surface area contributed by atoms with Gasteiger partial charge in [0.15, 0.2) is 5.82 Å². The van der Waals surface area contributed by atoms with Gasteiger partial charge < -0.3 is 15.5 Å². The van der Waals surface area contributed by atoms with E-state index in [-0.39, 0.29) is 0 Å². The standard InChI is InChI=1S/C23H23N7/c1-2-14-30(15-3-1)19-11-9-18(10-12-19)26-21-16-25-29-23(28-21)27-20-8-4-6-17-7-5-13-24-22(17)20/h4-13,16H,1-3,14-15H2,(H2,26,27,28,29). The monoisotopic (exact) mass is 397 g/mol. The van der Waals surface area contributed by atoms with Crippen LogP contribution in [0.5, 0.6) is 0 Å². The zero-order valence-electron chi connectivity index (χ0n) is 16.6. The average molecular weight is 397 g/mol. The molecule has 1 saturated heterocycles. The molecule has 0 bridgehead atoms. The summed E-state index contributed by atoms with van der Waals surface area (Å²) in [5.41, 5.74) is 3.95. The molecule has 1 fully saturated rings. The molecule has 0 spiro atoms. The molecule has 150 valence electrons. The molecular formula is C23H23N7. The Morgan fingerprint density at radius 2 is 1.67 bits per heavy atom. The number of aromatic nitrogens is 4. The molecule has 30 heavy (non-hydrogen) atoms. The number of nitrogens with one attached hydrogen (secondary N) is 2. The zero-order chi connectivity index (χ0) is 20.2. The lowest BCUT2D eigenvalue weighted by Gasteiger charge is -2.28. The second-order valence-corrected chi connectivity index (χ2v) is 7.39. The van der Waals surface area contributed by atoms with Crippen LogP contribution in [0.25, 0.3) is 10.9 Å². The van der Waals surface area contributed by atoms with Crippen molar-refractivity contribution < 1.29 is 0 Å². The summed E-state index contributed by atoms with van der Waals surface area (Å²) in [7, 11) is 0. The molecule has 0 radical (unpaired) electrons. The predicted octanol–water partition coefficient (Wildman–Crippen LogP) is 4.90. The van der Waals surface area contributed by atoms with E-state index < -0.39 is 0 Å². The van der Waals surface area contributed by atoms with Crippen LogP contribution in [0.3, 0.4) is 0 Å². The third-order valence-electron chi connectivity index (χ3n) is 5.30. The molecule has 5 rings (SSSR count). The average Bonchev–Trinajstić information content (AvgIpc) is 2.81. The first kappa shape index (κ1) is 18.3. The number of anilines is 5. The summed E-state index contributed by atoms with van der Waals surface area (Å²) in [6, 6.07) is 18.4. The van der Waals surface area contributed by atoms with Crippen molar-refractivity contribution in [3.8, 4) is 0 Å². The van der Waals surface area contributed by atoms with Crippen molar-refractivity contribution >= 4 is 39.7 Å². The minimum atomic E-state index is 0.420. The third-order valence-corrected chi connectivity index (χ3v) is 5.30. The molecule has 0 amide bonds. The summed E-state index contributed by atoms with van der Waals surface area (Å²) in [5, 5.41) is 15.8. The lowest BCUT2D eigenvalue weighted by atomic mass is 10.1. The fourth-order valence-corrected chi connectivity index (χ4v) is 3.80. The maximum atomic E-state index is 4.55. The number of hydrogen-bond donors (Lipinski definition) is 2. The summed E-state index contributed by atoms with van der Waals surface area (Å²) in [5.74, 6) is 1.05. The highest BCUT2D eigenvalue weighted by Gasteiger charge is 2.11. The van der Waals surface area contributed by atoms with Crippen molar-refractivity contribution in [1.82, 2.24) is 20.2 Å². The van der Waals surface area contributed by atoms with Crippen molar-refractivity contribution in [1.29, 1.82) is 0 Å². The van der Waals surface area contributed by atoms with E-state index in [1.54, 1.807) is 12.4 Å². The lowest BCUT2D eigenvalue weighted by Crippen LogP contribution is -2.29. The van der Waals surface area contributed by atoms with Crippen LogP contribution in [0.2, 0.25) is 0 Å². The van der Waals surface area contributed by atoms with Gasteiger partial charge >= 0.3 is 0 Å². The quantitative estimate of drug-likeness (QED) is 0.496. The van der Waals surface area contributed by atoms with E-state index in [1.165, 1.54) is 24.9 Å². The van der Waals surface area contributed by atoms with E-state index in [4.69, 9.17) is 0 Å². The highest BCUT2D eigenvalue weighted by Crippen LogP contribution is 2.25. The van der Waals surface area contributed by atoms with Crippen molar-refractivity contribution in [2.24, 2.45) is 0 Å². The highest BCUT2D eigenvalue weighted by atomic mass is 15.3. The lowest BCUT2D eigenvalue weighted by molar-refractivity contribution is 0.578. The Morgan fingerprint density at radius 3 is 2.53 bits per heavy atom. The van der Waals surface area contributed by atoms with E-state index >= 15 is 0 Å². The third kappa shape index (κ3) is 4.00. The van der Waals surface area contributed by atoms with Crippen LogP contribution in [-0.2, 0) is 0 Å². The zero-order valence-corrected chi connectivity index (χ0v) is 16.6. The first-order valence-electron chi connectivity index (χ1n) is 10.3. The van der Waals surface area contributed by atoms with Crippen LogP contribution in [0, 0.1) is 0 Å². The number of para-hydroxylation sites is 1. The predicted molar refractivity (Wildman–Crippen MR) is 121 cm³/mol. The van der Waals surface area contributed by atoms with Crippen LogP contribution in [0.1, 0.15) is 19.3 Å². The molecule has 2 aromatic heterocycles. The fourth-order valence-electron chi connectivity index (χ4n) is 3.80. The maximum absolute atomic E-state index is 4.55. The molecule has 3 heterocycles. The topological polar surface area (TPSA) is 78.9 Å². The van der Waals surface area contributed by atoms with Crippen molar-refractivity contribution in [3.05, 3.63) is 67.0 Å². The van der Waals surface area contributed by atoms with Gasteiger partial charge in [0, 0.05) is 36.0 Å². The van der Waals surface area contributed by atoms with Gasteiger partial charge in [-0.3, -0.25) is 4.98 Å². The second-order valence-electron chi connectivity index (χ2n) is 7.39. The molecule has 0 aliphatic carbocycles. The van der Waals surface area contributed by atoms with E-state index in [0.717, 1.165) is 35.4 Å². The van der Waals surface area contributed by atoms with Gasteiger partial charge in [-0.05, 0) is 55.7 Å². The van der Waals surface area contributed by atoms with Crippen LogP contribution in [0.15, 0.2) is 67.0 Å². The highest BCUT2D eigenvalue weighted by molar-refractivity contribution is 5.91. The first-order valence-corrected chi connectivity index (χ1v) is 10.3. The number of nitrogens with zero attached hydrogens (tertiary/aromatic N) is 5. The van der Waals surface area contributed by atoms with E-state index in [1.807, 2.05) is 30.3 Å². The Balaban J connectivity index is 1.31. The molecule has 7 nitrogen and oxygen atoms in total. The van der Waals surface area contributed by atoms with Crippen molar-refractivity contribution in [2.45, 2.75) is 19.3 Å². The van der Waals surface area contributed by atoms with Crippen LogP contribution < -0.4 is 15.5 Å². The Morgan fingerprint density at radius 1 is 0.833 bits per heavy atom. The van der Waals surface area contributed by atoms with Crippen LogP contribution in [0.4, 0.5) is 28.8 Å². The largest absolute Gasteiger partial charge is 0.372 e. The first-order chi connectivity index (χ1) is 14.8. The molecule has 7 heteroatoms. The molecule has 0 unspecified atom stereocenters. The molecule has 0 atom stereocenters. The number of piperidine rings is 1. The van der Waals surface area contributed by atoms with Crippen LogP contribution >= 0.6 is 0 Å². The SMILES string of the molecule is c1cnc2c(Nc3nncc(Nc4ccc(N5CCCCC5)cc4)n3)cccc2c1. The smallest absolute Gasteiger partial charge is 0.249 e. The number of benzene rings is 2. The molecular weight excluding hydrogens is 374 g/mol. The minimum absolute atomic E-state index is 0.420. The molecule has 2 N–H and O–H groups in total. The molecule has 1 aliphatic rings. The second kappa shape index (κ2) is 8.32. The van der Waals surface area contributed by atoms with Gasteiger partial charge in [0.25, 0.3) is 0 Å². The number of pyridine rings is 1. The minimum Gasteiger partial charge on any atom is -0.372 e. The Bertz CT molecular complexity index is 1130. The summed E-state index contributed by atoms with van der Waals surface area (Å²) in [6.45, 7) is 2.28. The molecule has 2 aromatic carbocycles. The van der Waals surface area contributed by atoms with Crippen molar-refractivity contribution in [3.63, 3.8) is 0 Å².